The second-order valence-electron chi connectivity index (χ2n) is 5.73. The number of hydrogen-bond acceptors (Lipinski definition) is 3. The maximum atomic E-state index is 12.4. The van der Waals surface area contributed by atoms with Gasteiger partial charge in [-0.3, -0.25) is 14.5 Å². The van der Waals surface area contributed by atoms with E-state index in [-0.39, 0.29) is 17.7 Å². The summed E-state index contributed by atoms with van der Waals surface area (Å²) in [7, 11) is 0. The van der Waals surface area contributed by atoms with Crippen LogP contribution in [0.2, 0.25) is 10.0 Å². The Bertz CT molecular complexity index is 1000. The molecule has 2 amide bonds. The molecule has 0 spiro atoms. The molecule has 132 valence electrons. The van der Waals surface area contributed by atoms with E-state index in [0.29, 0.717) is 15.0 Å². The van der Waals surface area contributed by atoms with Gasteiger partial charge >= 0.3 is 0 Å². The fourth-order valence-electron chi connectivity index (χ4n) is 2.84. The summed E-state index contributed by atoms with van der Waals surface area (Å²) in [4.78, 5) is 25.7. The summed E-state index contributed by atoms with van der Waals surface area (Å²) >= 11 is 13.2. The number of benzene rings is 1. The Labute approximate surface area is 165 Å². The molecule has 4 nitrogen and oxygen atoms in total. The number of thioether (sulfide) groups is 1. The molecule has 26 heavy (non-hydrogen) atoms. The van der Waals surface area contributed by atoms with Gasteiger partial charge in [-0.2, -0.15) is 0 Å². The number of rotatable bonds is 3. The van der Waals surface area contributed by atoms with Gasteiger partial charge in [0.15, 0.2) is 0 Å². The van der Waals surface area contributed by atoms with Crippen molar-refractivity contribution in [3.8, 4) is 18.0 Å². The van der Waals surface area contributed by atoms with Gasteiger partial charge in [0.05, 0.1) is 22.2 Å². The smallest absolute Gasteiger partial charge is 0.294 e. The zero-order valence-corrected chi connectivity index (χ0v) is 16.4. The molecular formula is C19H14Cl2N2O2S. The maximum absolute atomic E-state index is 12.4. The average Bonchev–Trinajstić information content (AvgIpc) is 2.99. The summed E-state index contributed by atoms with van der Waals surface area (Å²) in [5, 5.41) is 0.734. The zero-order chi connectivity index (χ0) is 19.0. The third kappa shape index (κ3) is 3.28. The van der Waals surface area contributed by atoms with Gasteiger partial charge in [0.1, 0.15) is 0 Å². The van der Waals surface area contributed by atoms with Crippen LogP contribution in [-0.4, -0.2) is 27.2 Å². The first-order valence-corrected chi connectivity index (χ1v) is 9.24. The van der Waals surface area contributed by atoms with Crippen molar-refractivity contribution in [3.63, 3.8) is 0 Å². The fraction of sp³-hybridized carbons (Fsp3) is 0.158. The van der Waals surface area contributed by atoms with Crippen LogP contribution in [-0.2, 0) is 4.79 Å². The van der Waals surface area contributed by atoms with Crippen molar-refractivity contribution in [2.45, 2.75) is 13.8 Å². The van der Waals surface area contributed by atoms with Gasteiger partial charge in [0, 0.05) is 16.4 Å². The molecule has 1 aliphatic rings. The van der Waals surface area contributed by atoms with Crippen molar-refractivity contribution >= 4 is 52.2 Å². The van der Waals surface area contributed by atoms with Crippen LogP contribution in [0.5, 0.6) is 0 Å². The fourth-order valence-corrected chi connectivity index (χ4v) is 4.16. The number of nitrogens with zero attached hydrogens (tertiary/aromatic N) is 2. The van der Waals surface area contributed by atoms with E-state index in [9.17, 15) is 9.59 Å². The number of terminal acetylenes is 1. The predicted molar refractivity (Wildman–Crippen MR) is 107 cm³/mol. The van der Waals surface area contributed by atoms with E-state index in [4.69, 9.17) is 29.6 Å². The molecule has 0 saturated carbocycles. The molecule has 0 atom stereocenters. The minimum absolute atomic E-state index is 0.0264. The minimum atomic E-state index is -0.368. The third-order valence-corrected chi connectivity index (χ3v) is 5.48. The van der Waals surface area contributed by atoms with E-state index in [1.165, 1.54) is 0 Å². The largest absolute Gasteiger partial charge is 0.316 e. The van der Waals surface area contributed by atoms with Crippen LogP contribution in [0.3, 0.4) is 0 Å². The first kappa shape index (κ1) is 18.7. The Kier molecular flexibility index (Phi) is 5.19. The number of aryl methyl sites for hydroxylation is 1. The van der Waals surface area contributed by atoms with Gasteiger partial charge in [-0.15, -0.1) is 6.42 Å². The molecular weight excluding hydrogens is 391 g/mol. The predicted octanol–water partition coefficient (Wildman–Crippen LogP) is 5.07. The number of halogens is 2. The van der Waals surface area contributed by atoms with Crippen LogP contribution in [0, 0.1) is 26.2 Å². The van der Waals surface area contributed by atoms with Crippen LogP contribution >= 0.6 is 35.0 Å². The molecule has 2 heterocycles. The lowest BCUT2D eigenvalue weighted by molar-refractivity contribution is -0.122. The molecule has 0 unspecified atom stereocenters. The van der Waals surface area contributed by atoms with Gasteiger partial charge in [-0.1, -0.05) is 29.1 Å². The molecule has 1 aromatic heterocycles. The minimum Gasteiger partial charge on any atom is -0.316 e. The number of aromatic nitrogens is 1. The van der Waals surface area contributed by atoms with Gasteiger partial charge in [-0.25, -0.2) is 0 Å². The quantitative estimate of drug-likeness (QED) is 0.529. The van der Waals surface area contributed by atoms with E-state index in [0.717, 1.165) is 39.3 Å². The van der Waals surface area contributed by atoms with Crippen LogP contribution in [0.1, 0.15) is 17.0 Å². The molecule has 0 aliphatic carbocycles. The molecule has 0 N–H and O–H groups in total. The second kappa shape index (κ2) is 7.24. The van der Waals surface area contributed by atoms with Gasteiger partial charge in [0.2, 0.25) is 0 Å². The second-order valence-corrected chi connectivity index (χ2v) is 7.57. The van der Waals surface area contributed by atoms with E-state index >= 15 is 0 Å². The van der Waals surface area contributed by atoms with Crippen molar-refractivity contribution < 1.29 is 9.59 Å². The van der Waals surface area contributed by atoms with Crippen molar-refractivity contribution in [1.82, 2.24) is 9.47 Å². The molecule has 7 heteroatoms. The first-order valence-electron chi connectivity index (χ1n) is 7.66. The SMILES string of the molecule is C#CCN1C(=O)SC(=Cc2cc(C)n(-c3ccc(Cl)cc3Cl)c2C)C1=O. The van der Waals surface area contributed by atoms with Crippen LogP contribution in [0.4, 0.5) is 4.79 Å². The lowest BCUT2D eigenvalue weighted by atomic mass is 10.2. The Morgan fingerprint density at radius 3 is 2.62 bits per heavy atom. The number of carbonyl (C=O) groups excluding carboxylic acids is 2. The monoisotopic (exact) mass is 404 g/mol. The van der Waals surface area contributed by atoms with Crippen molar-refractivity contribution in [2.75, 3.05) is 6.54 Å². The number of amides is 2. The van der Waals surface area contributed by atoms with Gasteiger partial charge in [-0.05, 0) is 61.5 Å². The Hall–Kier alpha value is -2.13. The van der Waals surface area contributed by atoms with E-state index in [1.807, 2.05) is 30.5 Å². The van der Waals surface area contributed by atoms with Gasteiger partial charge in [0.25, 0.3) is 11.1 Å². The van der Waals surface area contributed by atoms with Crippen LogP contribution in [0.25, 0.3) is 11.8 Å². The highest BCUT2D eigenvalue weighted by atomic mass is 35.5. The Morgan fingerprint density at radius 1 is 1.23 bits per heavy atom. The van der Waals surface area contributed by atoms with Crippen LogP contribution < -0.4 is 0 Å². The Morgan fingerprint density at radius 2 is 1.96 bits per heavy atom. The van der Waals surface area contributed by atoms with E-state index in [1.54, 1.807) is 18.2 Å². The molecule has 1 aliphatic heterocycles. The molecule has 0 bridgehead atoms. The Balaban J connectivity index is 2.03. The summed E-state index contributed by atoms with van der Waals surface area (Å²) in [6.07, 6.45) is 6.93. The highest BCUT2D eigenvalue weighted by Crippen LogP contribution is 2.34. The van der Waals surface area contributed by atoms with Gasteiger partial charge < -0.3 is 4.57 Å². The molecule has 3 rings (SSSR count). The summed E-state index contributed by atoms with van der Waals surface area (Å²) in [5.41, 5.74) is 3.47. The summed E-state index contributed by atoms with van der Waals surface area (Å²) in [5.74, 6) is 1.96. The first-order chi connectivity index (χ1) is 12.3. The normalized spacial score (nSPS) is 15.8. The summed E-state index contributed by atoms with van der Waals surface area (Å²) in [6, 6.07) is 7.24. The number of imide groups is 1. The number of hydrogen-bond donors (Lipinski definition) is 0. The van der Waals surface area contributed by atoms with Crippen molar-refractivity contribution in [2.24, 2.45) is 0 Å². The molecule has 0 radical (unpaired) electrons. The molecule has 2 aromatic rings. The van der Waals surface area contributed by atoms with Crippen molar-refractivity contribution in [1.29, 1.82) is 0 Å². The molecule has 1 aromatic carbocycles. The maximum Gasteiger partial charge on any atom is 0.294 e. The summed E-state index contributed by atoms with van der Waals surface area (Å²) in [6.45, 7) is 3.84. The lowest BCUT2D eigenvalue weighted by Gasteiger charge is -2.12. The molecule has 1 saturated heterocycles. The number of carbonyl (C=O) groups is 2. The summed E-state index contributed by atoms with van der Waals surface area (Å²) < 4.78 is 1.98. The lowest BCUT2D eigenvalue weighted by Crippen LogP contribution is -2.28. The van der Waals surface area contributed by atoms with E-state index < -0.39 is 0 Å². The van der Waals surface area contributed by atoms with Crippen molar-refractivity contribution in [3.05, 3.63) is 56.2 Å². The van der Waals surface area contributed by atoms with E-state index in [2.05, 4.69) is 5.92 Å². The highest BCUT2D eigenvalue weighted by molar-refractivity contribution is 8.18. The average molecular weight is 405 g/mol. The van der Waals surface area contributed by atoms with Crippen LogP contribution in [0.15, 0.2) is 29.2 Å². The highest BCUT2D eigenvalue weighted by Gasteiger charge is 2.34. The zero-order valence-electron chi connectivity index (χ0n) is 14.0. The topological polar surface area (TPSA) is 42.3 Å². The standard InChI is InChI=1S/C19H14Cl2N2O2S/c1-4-7-22-18(24)17(26-19(22)25)9-13-8-11(2)23(12(13)3)16-6-5-14(20)10-15(16)21/h1,5-6,8-10H,7H2,2-3H3. The molecule has 1 fully saturated rings. The third-order valence-electron chi connectivity index (χ3n) is 4.03.